The summed E-state index contributed by atoms with van der Waals surface area (Å²) >= 11 is 0. The minimum atomic E-state index is -0.402. The molecule has 0 aromatic heterocycles. The third-order valence-corrected chi connectivity index (χ3v) is 6.17. The SMILES string of the molecule is Cc1ccc([C@@H]2CN(Cc3ccccc3)C[C@@]2(C)C=O)cc1OCc1ccccc1. The molecule has 30 heavy (non-hydrogen) atoms. The summed E-state index contributed by atoms with van der Waals surface area (Å²) in [6.45, 7) is 7.19. The number of hydrogen-bond donors (Lipinski definition) is 0. The van der Waals surface area contributed by atoms with Crippen LogP contribution in [0.4, 0.5) is 0 Å². The standard InChI is InChI=1S/C27H29NO2/c1-21-13-14-24(15-26(21)30-18-23-11-7-4-8-12-23)25-17-28(19-27(25,2)20-29)16-22-9-5-3-6-10-22/h3-15,20,25H,16-19H2,1-2H3/t25-,27-/m0/s1. The highest BCUT2D eigenvalue weighted by Gasteiger charge is 2.43. The van der Waals surface area contributed by atoms with E-state index in [9.17, 15) is 4.79 Å². The fourth-order valence-electron chi connectivity index (χ4n) is 4.42. The summed E-state index contributed by atoms with van der Waals surface area (Å²) in [6, 6.07) is 27.1. The quantitative estimate of drug-likeness (QED) is 0.500. The van der Waals surface area contributed by atoms with E-state index in [0.29, 0.717) is 6.61 Å². The van der Waals surface area contributed by atoms with Crippen molar-refractivity contribution in [1.29, 1.82) is 0 Å². The Morgan fingerprint density at radius 1 is 1.00 bits per heavy atom. The highest BCUT2D eigenvalue weighted by Crippen LogP contribution is 2.43. The van der Waals surface area contributed by atoms with Crippen molar-refractivity contribution in [3.8, 4) is 5.75 Å². The molecule has 3 nitrogen and oxygen atoms in total. The molecular weight excluding hydrogens is 370 g/mol. The monoisotopic (exact) mass is 399 g/mol. The average Bonchev–Trinajstić information content (AvgIpc) is 3.11. The third-order valence-electron chi connectivity index (χ3n) is 6.17. The fourth-order valence-corrected chi connectivity index (χ4v) is 4.42. The molecule has 2 atom stereocenters. The van der Waals surface area contributed by atoms with Crippen LogP contribution in [0.25, 0.3) is 0 Å². The van der Waals surface area contributed by atoms with E-state index in [2.05, 4.69) is 73.3 Å². The maximum Gasteiger partial charge on any atom is 0.127 e. The Balaban J connectivity index is 1.53. The zero-order valence-electron chi connectivity index (χ0n) is 17.8. The van der Waals surface area contributed by atoms with Crippen LogP contribution in [0.15, 0.2) is 78.9 Å². The molecule has 1 aliphatic rings. The van der Waals surface area contributed by atoms with Crippen LogP contribution in [-0.2, 0) is 17.9 Å². The minimum absolute atomic E-state index is 0.151. The first-order chi connectivity index (χ1) is 14.6. The minimum Gasteiger partial charge on any atom is -0.489 e. The van der Waals surface area contributed by atoms with Gasteiger partial charge >= 0.3 is 0 Å². The van der Waals surface area contributed by atoms with Gasteiger partial charge in [-0.25, -0.2) is 0 Å². The molecule has 3 aromatic rings. The molecule has 0 N–H and O–H groups in total. The van der Waals surface area contributed by atoms with Crippen LogP contribution in [-0.4, -0.2) is 24.3 Å². The van der Waals surface area contributed by atoms with Crippen molar-refractivity contribution in [2.24, 2.45) is 5.41 Å². The molecule has 0 spiro atoms. The number of hydrogen-bond acceptors (Lipinski definition) is 3. The van der Waals surface area contributed by atoms with Gasteiger partial charge in [-0.1, -0.05) is 79.7 Å². The maximum atomic E-state index is 12.1. The van der Waals surface area contributed by atoms with Gasteiger partial charge in [0.2, 0.25) is 0 Å². The summed E-state index contributed by atoms with van der Waals surface area (Å²) in [6.07, 6.45) is 1.15. The Morgan fingerprint density at radius 2 is 1.67 bits per heavy atom. The lowest BCUT2D eigenvalue weighted by molar-refractivity contribution is -0.115. The van der Waals surface area contributed by atoms with Crippen molar-refractivity contribution < 1.29 is 9.53 Å². The van der Waals surface area contributed by atoms with Crippen LogP contribution in [0.3, 0.4) is 0 Å². The van der Waals surface area contributed by atoms with Crippen molar-refractivity contribution in [3.63, 3.8) is 0 Å². The summed E-state index contributed by atoms with van der Waals surface area (Å²) in [5, 5.41) is 0. The van der Waals surface area contributed by atoms with E-state index >= 15 is 0 Å². The molecule has 1 saturated heterocycles. The molecule has 1 fully saturated rings. The zero-order valence-corrected chi connectivity index (χ0v) is 17.8. The van der Waals surface area contributed by atoms with Crippen molar-refractivity contribution in [2.45, 2.75) is 32.9 Å². The van der Waals surface area contributed by atoms with Gasteiger partial charge in [0, 0.05) is 31.0 Å². The molecular formula is C27H29NO2. The Hall–Kier alpha value is -2.91. The number of aldehydes is 1. The highest BCUT2D eigenvalue weighted by molar-refractivity contribution is 5.63. The summed E-state index contributed by atoms with van der Waals surface area (Å²) < 4.78 is 6.15. The molecule has 0 amide bonds. The van der Waals surface area contributed by atoms with Crippen LogP contribution in [0, 0.1) is 12.3 Å². The number of carbonyl (C=O) groups is 1. The van der Waals surface area contributed by atoms with E-state index in [1.807, 2.05) is 24.3 Å². The summed E-state index contributed by atoms with van der Waals surface area (Å²) in [7, 11) is 0. The number of nitrogens with zero attached hydrogens (tertiary/aromatic N) is 1. The van der Waals surface area contributed by atoms with Gasteiger partial charge in [0.1, 0.15) is 18.6 Å². The molecule has 1 heterocycles. The highest BCUT2D eigenvalue weighted by atomic mass is 16.5. The molecule has 3 heteroatoms. The van der Waals surface area contributed by atoms with Gasteiger partial charge in [0.15, 0.2) is 0 Å². The third kappa shape index (κ3) is 4.47. The Bertz CT molecular complexity index is 986. The number of aryl methyl sites for hydroxylation is 1. The van der Waals surface area contributed by atoms with E-state index in [4.69, 9.17) is 4.74 Å². The second-order valence-electron chi connectivity index (χ2n) is 8.63. The van der Waals surface area contributed by atoms with Gasteiger partial charge in [-0.2, -0.15) is 0 Å². The zero-order chi connectivity index (χ0) is 21.0. The van der Waals surface area contributed by atoms with E-state index in [0.717, 1.165) is 42.8 Å². The maximum absolute atomic E-state index is 12.1. The first-order valence-electron chi connectivity index (χ1n) is 10.6. The van der Waals surface area contributed by atoms with Gasteiger partial charge in [0.05, 0.1) is 0 Å². The molecule has 4 rings (SSSR count). The fraction of sp³-hybridized carbons (Fsp3) is 0.296. The summed E-state index contributed by atoms with van der Waals surface area (Å²) in [5.74, 6) is 1.05. The normalized spacial score (nSPS) is 21.5. The van der Waals surface area contributed by atoms with Gasteiger partial charge in [0.25, 0.3) is 0 Å². The topological polar surface area (TPSA) is 29.5 Å². The lowest BCUT2D eigenvalue weighted by Crippen LogP contribution is -2.28. The number of likely N-dealkylation sites (tertiary alicyclic amines) is 1. The van der Waals surface area contributed by atoms with Crippen molar-refractivity contribution in [3.05, 3.63) is 101 Å². The smallest absolute Gasteiger partial charge is 0.127 e. The van der Waals surface area contributed by atoms with Crippen LogP contribution in [0.2, 0.25) is 0 Å². The second-order valence-corrected chi connectivity index (χ2v) is 8.63. The molecule has 0 unspecified atom stereocenters. The van der Waals surface area contributed by atoms with Crippen LogP contribution in [0.5, 0.6) is 5.75 Å². The first kappa shape index (κ1) is 20.4. The molecule has 0 aliphatic carbocycles. The second kappa shape index (κ2) is 8.85. The van der Waals surface area contributed by atoms with Gasteiger partial charge < -0.3 is 9.53 Å². The Kier molecular flexibility index (Phi) is 6.01. The van der Waals surface area contributed by atoms with E-state index in [1.54, 1.807) is 0 Å². The van der Waals surface area contributed by atoms with Crippen molar-refractivity contribution >= 4 is 6.29 Å². The first-order valence-corrected chi connectivity index (χ1v) is 10.6. The Labute approximate surface area is 179 Å². The molecule has 0 bridgehead atoms. The van der Waals surface area contributed by atoms with Crippen molar-refractivity contribution in [2.75, 3.05) is 13.1 Å². The van der Waals surface area contributed by atoms with E-state index in [1.165, 1.54) is 11.1 Å². The van der Waals surface area contributed by atoms with E-state index < -0.39 is 5.41 Å². The lowest BCUT2D eigenvalue weighted by Gasteiger charge is -2.25. The van der Waals surface area contributed by atoms with Crippen LogP contribution >= 0.6 is 0 Å². The largest absolute Gasteiger partial charge is 0.489 e. The Morgan fingerprint density at radius 3 is 2.33 bits per heavy atom. The molecule has 154 valence electrons. The number of ether oxygens (including phenoxy) is 1. The van der Waals surface area contributed by atoms with Gasteiger partial charge in [-0.05, 0) is 35.2 Å². The number of benzene rings is 3. The van der Waals surface area contributed by atoms with Crippen molar-refractivity contribution in [1.82, 2.24) is 4.90 Å². The molecule has 3 aromatic carbocycles. The number of rotatable bonds is 7. The van der Waals surface area contributed by atoms with Gasteiger partial charge in [-0.15, -0.1) is 0 Å². The lowest BCUT2D eigenvalue weighted by atomic mass is 9.77. The molecule has 0 radical (unpaired) electrons. The molecule has 1 aliphatic heterocycles. The van der Waals surface area contributed by atoms with E-state index in [-0.39, 0.29) is 5.92 Å². The number of carbonyl (C=O) groups excluding carboxylic acids is 1. The predicted molar refractivity (Wildman–Crippen MR) is 121 cm³/mol. The summed E-state index contributed by atoms with van der Waals surface area (Å²) in [5.41, 5.74) is 4.31. The summed E-state index contributed by atoms with van der Waals surface area (Å²) in [4.78, 5) is 14.5. The van der Waals surface area contributed by atoms with Crippen LogP contribution in [0.1, 0.15) is 35.1 Å². The molecule has 0 saturated carbocycles. The predicted octanol–water partition coefficient (Wildman–Crippen LogP) is 5.38. The van der Waals surface area contributed by atoms with Crippen LogP contribution < -0.4 is 4.74 Å². The average molecular weight is 400 g/mol. The van der Waals surface area contributed by atoms with Gasteiger partial charge in [-0.3, -0.25) is 4.90 Å².